The number of benzene rings is 1. The van der Waals surface area contributed by atoms with Crippen molar-refractivity contribution in [1.82, 2.24) is 0 Å². The van der Waals surface area contributed by atoms with Crippen molar-refractivity contribution >= 4 is 12.4 Å². The quantitative estimate of drug-likeness (QED) is 0.701. The summed E-state index contributed by atoms with van der Waals surface area (Å²) in [4.78, 5) is 0. The lowest BCUT2D eigenvalue weighted by molar-refractivity contribution is 0.420. The molecular formula is C9H11ClFN3O. The first kappa shape index (κ1) is 13.7. The highest BCUT2D eigenvalue weighted by atomic mass is 35.5. The van der Waals surface area contributed by atoms with Gasteiger partial charge < -0.3 is 16.6 Å². The van der Waals surface area contributed by atoms with Gasteiger partial charge in [0.05, 0.1) is 11.6 Å². The van der Waals surface area contributed by atoms with Crippen LogP contribution in [0, 0.1) is 17.1 Å². The van der Waals surface area contributed by atoms with Gasteiger partial charge in [-0.05, 0) is 12.1 Å². The molecule has 82 valence electrons. The molecule has 1 aromatic carbocycles. The van der Waals surface area contributed by atoms with Gasteiger partial charge in [0, 0.05) is 18.2 Å². The summed E-state index contributed by atoms with van der Waals surface area (Å²) in [6, 6.07) is 3.36. The molecule has 0 spiro atoms. The van der Waals surface area contributed by atoms with Crippen LogP contribution in [0.3, 0.4) is 0 Å². The molecule has 5 N–H and O–H groups in total. The van der Waals surface area contributed by atoms with Gasteiger partial charge in [0.1, 0.15) is 0 Å². The number of nitrogens with zero attached hydrogens (tertiary/aromatic N) is 1. The van der Waals surface area contributed by atoms with Gasteiger partial charge >= 0.3 is 0 Å². The number of phenolic OH excluding ortho intramolecular Hbond substituents is 1. The van der Waals surface area contributed by atoms with Crippen molar-refractivity contribution in [2.75, 3.05) is 6.54 Å². The first-order valence-corrected chi connectivity index (χ1v) is 3.99. The van der Waals surface area contributed by atoms with Crippen LogP contribution in [0.1, 0.15) is 17.2 Å². The van der Waals surface area contributed by atoms with E-state index in [4.69, 9.17) is 16.7 Å². The molecule has 1 rings (SSSR count). The predicted octanol–water partition coefficient (Wildman–Crippen LogP) is 0.783. The Bertz CT molecular complexity index is 392. The van der Waals surface area contributed by atoms with Crippen molar-refractivity contribution in [3.05, 3.63) is 29.1 Å². The number of hydrogen-bond donors (Lipinski definition) is 3. The van der Waals surface area contributed by atoms with E-state index < -0.39 is 17.6 Å². The Balaban J connectivity index is 0.00000196. The SMILES string of the molecule is Cl.N#Cc1ccc(F)c(O)c1[C@@H](N)CN. The highest BCUT2D eigenvalue weighted by Gasteiger charge is 2.17. The molecule has 1 atom stereocenters. The van der Waals surface area contributed by atoms with E-state index in [9.17, 15) is 9.50 Å². The second-order valence-corrected chi connectivity index (χ2v) is 2.81. The monoisotopic (exact) mass is 231 g/mol. The minimum absolute atomic E-state index is 0. The van der Waals surface area contributed by atoms with Gasteiger partial charge in [-0.25, -0.2) is 4.39 Å². The summed E-state index contributed by atoms with van der Waals surface area (Å²) in [5.41, 5.74) is 11.0. The van der Waals surface area contributed by atoms with Gasteiger partial charge in [-0.2, -0.15) is 5.26 Å². The number of hydrogen-bond acceptors (Lipinski definition) is 4. The molecule has 4 nitrogen and oxygen atoms in total. The van der Waals surface area contributed by atoms with E-state index in [0.717, 1.165) is 6.07 Å². The number of aromatic hydroxyl groups is 1. The average Bonchev–Trinajstić information content (AvgIpc) is 2.20. The van der Waals surface area contributed by atoms with Crippen molar-refractivity contribution in [3.63, 3.8) is 0 Å². The van der Waals surface area contributed by atoms with E-state index >= 15 is 0 Å². The summed E-state index contributed by atoms with van der Waals surface area (Å²) in [7, 11) is 0. The Labute approximate surface area is 92.7 Å². The molecule has 0 unspecified atom stereocenters. The number of halogens is 2. The van der Waals surface area contributed by atoms with E-state index in [-0.39, 0.29) is 30.1 Å². The molecule has 0 aliphatic carbocycles. The third kappa shape index (κ3) is 2.57. The van der Waals surface area contributed by atoms with Crippen LogP contribution >= 0.6 is 12.4 Å². The van der Waals surface area contributed by atoms with Crippen molar-refractivity contribution < 1.29 is 9.50 Å². The van der Waals surface area contributed by atoms with Gasteiger partial charge in [0.25, 0.3) is 0 Å². The van der Waals surface area contributed by atoms with E-state index in [1.165, 1.54) is 6.07 Å². The Hall–Kier alpha value is -1.35. The molecule has 0 aliphatic heterocycles. The van der Waals surface area contributed by atoms with Crippen molar-refractivity contribution in [1.29, 1.82) is 5.26 Å². The Morgan fingerprint density at radius 3 is 2.60 bits per heavy atom. The summed E-state index contributed by atoms with van der Waals surface area (Å²) >= 11 is 0. The van der Waals surface area contributed by atoms with Crippen molar-refractivity contribution in [2.24, 2.45) is 11.5 Å². The van der Waals surface area contributed by atoms with Crippen LogP contribution in [0.4, 0.5) is 4.39 Å². The van der Waals surface area contributed by atoms with Gasteiger partial charge in [-0.15, -0.1) is 12.4 Å². The summed E-state index contributed by atoms with van der Waals surface area (Å²) in [6.45, 7) is 0.0334. The molecule has 0 aliphatic rings. The minimum atomic E-state index is -0.803. The average molecular weight is 232 g/mol. The molecule has 0 saturated carbocycles. The Morgan fingerprint density at radius 2 is 2.13 bits per heavy atom. The largest absolute Gasteiger partial charge is 0.505 e. The van der Waals surface area contributed by atoms with Crippen LogP contribution in [0.25, 0.3) is 0 Å². The second kappa shape index (κ2) is 5.51. The van der Waals surface area contributed by atoms with E-state index in [0.29, 0.717) is 0 Å². The molecule has 0 aromatic heterocycles. The maximum Gasteiger partial charge on any atom is 0.165 e. The summed E-state index contributed by atoms with van der Waals surface area (Å²) in [5.74, 6) is -1.40. The van der Waals surface area contributed by atoms with Gasteiger partial charge in [-0.3, -0.25) is 0 Å². The second-order valence-electron chi connectivity index (χ2n) is 2.81. The molecule has 0 bridgehead atoms. The highest BCUT2D eigenvalue weighted by molar-refractivity contribution is 5.85. The molecule has 0 fully saturated rings. The third-order valence-electron chi connectivity index (χ3n) is 1.91. The van der Waals surface area contributed by atoms with Crippen LogP contribution < -0.4 is 11.5 Å². The summed E-state index contributed by atoms with van der Waals surface area (Å²) < 4.78 is 12.9. The number of phenols is 1. The first-order chi connectivity index (χ1) is 6.61. The minimum Gasteiger partial charge on any atom is -0.505 e. The van der Waals surface area contributed by atoms with Crippen molar-refractivity contribution in [2.45, 2.75) is 6.04 Å². The fourth-order valence-corrected chi connectivity index (χ4v) is 1.17. The maximum atomic E-state index is 12.9. The molecule has 0 saturated heterocycles. The van der Waals surface area contributed by atoms with Crippen LogP contribution in [0.15, 0.2) is 12.1 Å². The summed E-state index contributed by atoms with van der Waals surface area (Å²) in [6.07, 6.45) is 0. The molecule has 0 heterocycles. The number of nitriles is 1. The van der Waals surface area contributed by atoms with E-state index in [1.54, 1.807) is 0 Å². The fraction of sp³-hybridized carbons (Fsp3) is 0.222. The van der Waals surface area contributed by atoms with Gasteiger partial charge in [0.15, 0.2) is 11.6 Å². The predicted molar refractivity (Wildman–Crippen MR) is 56.0 cm³/mol. The van der Waals surface area contributed by atoms with Crippen LogP contribution in [-0.4, -0.2) is 11.7 Å². The molecule has 15 heavy (non-hydrogen) atoms. The standard InChI is InChI=1S/C9H10FN3O.ClH/c10-6-2-1-5(3-11)8(9(6)14)7(13)4-12;/h1-2,7,14H,4,12-13H2;1H/t7-;/m0./s1. The highest BCUT2D eigenvalue weighted by Crippen LogP contribution is 2.28. The fourth-order valence-electron chi connectivity index (χ4n) is 1.17. The topological polar surface area (TPSA) is 96.1 Å². The lowest BCUT2D eigenvalue weighted by Gasteiger charge is -2.13. The lowest BCUT2D eigenvalue weighted by atomic mass is 10.0. The first-order valence-electron chi connectivity index (χ1n) is 3.99. The Kier molecular flexibility index (Phi) is 5.02. The smallest absolute Gasteiger partial charge is 0.165 e. The normalized spacial score (nSPS) is 11.3. The zero-order chi connectivity index (χ0) is 10.7. The van der Waals surface area contributed by atoms with Crippen molar-refractivity contribution in [3.8, 4) is 11.8 Å². The van der Waals surface area contributed by atoms with E-state index in [1.807, 2.05) is 6.07 Å². The zero-order valence-electron chi connectivity index (χ0n) is 7.77. The van der Waals surface area contributed by atoms with Crippen LogP contribution in [0.2, 0.25) is 0 Å². The number of nitrogens with two attached hydrogens (primary N) is 2. The maximum absolute atomic E-state index is 12.9. The lowest BCUT2D eigenvalue weighted by Crippen LogP contribution is -2.22. The number of rotatable bonds is 2. The summed E-state index contributed by atoms with van der Waals surface area (Å²) in [5, 5.41) is 18.0. The third-order valence-corrected chi connectivity index (χ3v) is 1.91. The molecular weight excluding hydrogens is 221 g/mol. The molecule has 1 aromatic rings. The van der Waals surface area contributed by atoms with Crippen LogP contribution in [-0.2, 0) is 0 Å². The molecule has 0 radical (unpaired) electrons. The van der Waals surface area contributed by atoms with Crippen LogP contribution in [0.5, 0.6) is 5.75 Å². The molecule has 6 heteroatoms. The Morgan fingerprint density at radius 1 is 1.53 bits per heavy atom. The van der Waals surface area contributed by atoms with Gasteiger partial charge in [-0.1, -0.05) is 0 Å². The van der Waals surface area contributed by atoms with Gasteiger partial charge in [0.2, 0.25) is 0 Å². The molecule has 0 amide bonds. The zero-order valence-corrected chi connectivity index (χ0v) is 8.59. The van der Waals surface area contributed by atoms with E-state index in [2.05, 4.69) is 0 Å².